The summed E-state index contributed by atoms with van der Waals surface area (Å²) in [5, 5.41) is 0. The second kappa shape index (κ2) is 14.0. The van der Waals surface area contributed by atoms with Crippen molar-refractivity contribution in [3.63, 3.8) is 0 Å². The third-order valence-electron chi connectivity index (χ3n) is 3.21. The van der Waals surface area contributed by atoms with Crippen LogP contribution in [0, 0.1) is 12.1 Å². The van der Waals surface area contributed by atoms with E-state index in [-0.39, 0.29) is 19.5 Å². The van der Waals surface area contributed by atoms with Crippen LogP contribution in [0.3, 0.4) is 0 Å². The Morgan fingerprint density at radius 2 is 1.00 bits per heavy atom. The fourth-order valence-corrected chi connectivity index (χ4v) is 1.94. The minimum absolute atomic E-state index is 0. The minimum Gasteiger partial charge on any atom is -0.184 e. The molecule has 0 fully saturated rings. The Balaban J connectivity index is 0.000000364. The molecule has 0 radical (unpaired) electrons. The van der Waals surface area contributed by atoms with Crippen LogP contribution < -0.4 is 0 Å². The first kappa shape index (κ1) is 20.1. The monoisotopic (exact) mass is 368 g/mol. The van der Waals surface area contributed by atoms with E-state index in [0.29, 0.717) is 0 Å². The van der Waals surface area contributed by atoms with Crippen LogP contribution in [0.4, 0.5) is 0 Å². The first-order valence-corrected chi connectivity index (χ1v) is 7.76. The van der Waals surface area contributed by atoms with Gasteiger partial charge in [0.2, 0.25) is 0 Å². The molecule has 0 amide bonds. The number of hydrogen-bond acceptors (Lipinski definition) is 0. The summed E-state index contributed by atoms with van der Waals surface area (Å²) in [5.41, 5.74) is 2.86. The van der Waals surface area contributed by atoms with Crippen LogP contribution in [0.1, 0.15) is 50.7 Å². The molecule has 0 aliphatic rings. The summed E-state index contributed by atoms with van der Waals surface area (Å²) in [6, 6.07) is 22.5. The maximum absolute atomic E-state index is 3.01. The predicted octanol–water partition coefficient (Wildman–Crippen LogP) is 5.66. The van der Waals surface area contributed by atoms with Gasteiger partial charge in [0.15, 0.2) is 0 Å². The van der Waals surface area contributed by atoms with Crippen molar-refractivity contribution in [1.29, 1.82) is 0 Å². The molecule has 0 nitrogen and oxygen atoms in total. The number of rotatable bonds is 6. The van der Waals surface area contributed by atoms with E-state index in [1.54, 1.807) is 0 Å². The molecule has 0 bridgehead atoms. The van der Waals surface area contributed by atoms with Gasteiger partial charge in [-0.05, 0) is 0 Å². The fraction of sp³-hybridized carbons (Fsp3) is 0.400. The van der Waals surface area contributed by atoms with Crippen molar-refractivity contribution in [3.8, 4) is 0 Å². The average molecular weight is 367 g/mol. The van der Waals surface area contributed by atoms with Gasteiger partial charge >= 0.3 is 19.5 Å². The van der Waals surface area contributed by atoms with Crippen LogP contribution in [0.2, 0.25) is 0 Å². The Labute approximate surface area is 143 Å². The summed E-state index contributed by atoms with van der Waals surface area (Å²) < 4.78 is 0. The topological polar surface area (TPSA) is 0 Å². The van der Waals surface area contributed by atoms with Crippen LogP contribution in [0.25, 0.3) is 0 Å². The molecule has 0 aliphatic carbocycles. The maximum Gasteiger partial charge on any atom is 2.00 e. The van der Waals surface area contributed by atoms with Gasteiger partial charge in [-0.15, -0.1) is 0 Å². The van der Waals surface area contributed by atoms with Crippen LogP contribution in [0.15, 0.2) is 48.5 Å². The van der Waals surface area contributed by atoms with E-state index >= 15 is 0 Å². The molecule has 114 valence electrons. The molecule has 0 heterocycles. The molecule has 0 spiro atoms. The minimum atomic E-state index is 0. The molecule has 2 aromatic rings. The molecule has 0 unspecified atom stereocenters. The van der Waals surface area contributed by atoms with E-state index in [4.69, 9.17) is 0 Å². The van der Waals surface area contributed by atoms with Crippen LogP contribution in [0.5, 0.6) is 0 Å². The van der Waals surface area contributed by atoms with Crippen LogP contribution in [-0.2, 0) is 32.3 Å². The number of unbranched alkanes of at least 4 members (excludes halogenated alkanes) is 2. The quantitative estimate of drug-likeness (QED) is 0.457. The zero-order valence-corrected chi connectivity index (χ0v) is 15.0. The second-order valence-electron chi connectivity index (χ2n) is 5.02. The summed E-state index contributed by atoms with van der Waals surface area (Å²) in [6.07, 6.45) is 7.57. The van der Waals surface area contributed by atoms with E-state index in [9.17, 15) is 0 Å². The smallest absolute Gasteiger partial charge is 0.184 e. The molecule has 1 heteroatoms. The van der Waals surface area contributed by atoms with Crippen molar-refractivity contribution < 1.29 is 19.5 Å². The fourth-order valence-electron chi connectivity index (χ4n) is 1.94. The third-order valence-corrected chi connectivity index (χ3v) is 3.21. The Bertz CT molecular complexity index is 379. The standard InChI is InChI=1S/2C10H13.Ru/c2*1-2-3-7-10-8-5-4-6-9-10;/h2*5-6,8-9H,2-3,7H2,1H3;/q2*-1;+2. The van der Waals surface area contributed by atoms with Crippen molar-refractivity contribution in [3.05, 3.63) is 71.8 Å². The SMILES string of the molecule is CCCCc1cc[c-]cc1.CCCCc1cc[c-]cc1.[Ru+2]. The molecular weight excluding hydrogens is 341 g/mol. The summed E-state index contributed by atoms with van der Waals surface area (Å²) in [6.45, 7) is 4.43. The zero-order chi connectivity index (χ0) is 14.5. The Morgan fingerprint density at radius 1 is 0.667 bits per heavy atom. The van der Waals surface area contributed by atoms with E-state index in [0.717, 1.165) is 0 Å². The van der Waals surface area contributed by atoms with Gasteiger partial charge in [0.1, 0.15) is 0 Å². The van der Waals surface area contributed by atoms with Crippen LogP contribution in [-0.4, -0.2) is 0 Å². The van der Waals surface area contributed by atoms with E-state index in [1.807, 2.05) is 24.3 Å². The summed E-state index contributed by atoms with van der Waals surface area (Å²) in [5.74, 6) is 0. The van der Waals surface area contributed by atoms with Gasteiger partial charge in [0, 0.05) is 0 Å². The van der Waals surface area contributed by atoms with E-state index < -0.39 is 0 Å². The first-order chi connectivity index (χ1) is 9.86. The summed E-state index contributed by atoms with van der Waals surface area (Å²) in [4.78, 5) is 0. The van der Waals surface area contributed by atoms with Gasteiger partial charge < -0.3 is 0 Å². The molecule has 0 aromatic heterocycles. The molecule has 0 saturated carbocycles. The normalized spacial score (nSPS) is 9.24. The molecule has 0 atom stereocenters. The number of aryl methyl sites for hydroxylation is 2. The van der Waals surface area contributed by atoms with Gasteiger partial charge in [-0.3, -0.25) is 0 Å². The van der Waals surface area contributed by atoms with Crippen molar-refractivity contribution in [2.75, 3.05) is 0 Å². The zero-order valence-electron chi connectivity index (χ0n) is 13.2. The van der Waals surface area contributed by atoms with Crippen molar-refractivity contribution >= 4 is 0 Å². The molecule has 2 aromatic carbocycles. The molecule has 2 rings (SSSR count). The Morgan fingerprint density at radius 3 is 1.29 bits per heavy atom. The Hall–Kier alpha value is -0.937. The summed E-state index contributed by atoms with van der Waals surface area (Å²) >= 11 is 0. The van der Waals surface area contributed by atoms with Crippen molar-refractivity contribution in [2.24, 2.45) is 0 Å². The summed E-state index contributed by atoms with van der Waals surface area (Å²) in [7, 11) is 0. The molecule has 0 saturated heterocycles. The van der Waals surface area contributed by atoms with Gasteiger partial charge in [-0.25, -0.2) is 0 Å². The van der Waals surface area contributed by atoms with Crippen molar-refractivity contribution in [2.45, 2.75) is 52.4 Å². The first-order valence-electron chi connectivity index (χ1n) is 7.76. The molecular formula is C20H26Ru. The van der Waals surface area contributed by atoms with Gasteiger partial charge in [0.05, 0.1) is 0 Å². The third kappa shape index (κ3) is 10.4. The predicted molar refractivity (Wildman–Crippen MR) is 87.8 cm³/mol. The second-order valence-corrected chi connectivity index (χ2v) is 5.02. The molecule has 0 N–H and O–H groups in total. The van der Waals surface area contributed by atoms with E-state index in [2.05, 4.69) is 50.2 Å². The van der Waals surface area contributed by atoms with Gasteiger partial charge in [0.25, 0.3) is 0 Å². The molecule has 21 heavy (non-hydrogen) atoms. The van der Waals surface area contributed by atoms with E-state index in [1.165, 1.54) is 49.7 Å². The number of benzene rings is 2. The number of hydrogen-bond donors (Lipinski definition) is 0. The largest absolute Gasteiger partial charge is 2.00 e. The average Bonchev–Trinajstić information content (AvgIpc) is 2.53. The molecule has 0 aliphatic heterocycles. The van der Waals surface area contributed by atoms with Crippen LogP contribution >= 0.6 is 0 Å². The van der Waals surface area contributed by atoms with Gasteiger partial charge in [-0.2, -0.15) is 71.8 Å². The van der Waals surface area contributed by atoms with Crippen molar-refractivity contribution in [1.82, 2.24) is 0 Å². The Kier molecular flexibility index (Phi) is 13.4. The van der Waals surface area contributed by atoms with Gasteiger partial charge in [-0.1, -0.05) is 52.4 Å². The maximum atomic E-state index is 3.01.